The highest BCUT2D eigenvalue weighted by atomic mass is 32.2. The van der Waals surface area contributed by atoms with Gasteiger partial charge in [0.25, 0.3) is 0 Å². The summed E-state index contributed by atoms with van der Waals surface area (Å²) in [6.07, 6.45) is 3.87. The SMILES string of the molecule is CN(CC1CCC1)S(=O)(=O)CCCO. The van der Waals surface area contributed by atoms with E-state index in [0.717, 1.165) is 12.8 Å². The Bertz CT molecular complexity index is 259. The van der Waals surface area contributed by atoms with Crippen molar-refractivity contribution in [3.8, 4) is 0 Å². The highest BCUT2D eigenvalue weighted by Crippen LogP contribution is 2.27. The normalized spacial score (nSPS) is 18.5. The Labute approximate surface area is 86.0 Å². The van der Waals surface area contributed by atoms with Crippen LogP contribution in [-0.2, 0) is 10.0 Å². The fraction of sp³-hybridized carbons (Fsp3) is 1.00. The fourth-order valence-corrected chi connectivity index (χ4v) is 2.80. The van der Waals surface area contributed by atoms with Gasteiger partial charge in [0.2, 0.25) is 10.0 Å². The molecule has 0 aromatic heterocycles. The molecule has 1 fully saturated rings. The van der Waals surface area contributed by atoms with Gasteiger partial charge in [-0.2, -0.15) is 0 Å². The molecule has 1 N–H and O–H groups in total. The molecule has 0 amide bonds. The first-order chi connectivity index (χ1) is 6.56. The maximum Gasteiger partial charge on any atom is 0.213 e. The molecular formula is C9H19NO3S. The van der Waals surface area contributed by atoms with Gasteiger partial charge in [-0.25, -0.2) is 12.7 Å². The van der Waals surface area contributed by atoms with Crippen molar-refractivity contribution in [1.82, 2.24) is 4.31 Å². The first-order valence-electron chi connectivity index (χ1n) is 5.11. The molecule has 0 saturated heterocycles. The summed E-state index contributed by atoms with van der Waals surface area (Å²) in [4.78, 5) is 0. The Balaban J connectivity index is 2.36. The second kappa shape index (κ2) is 5.09. The van der Waals surface area contributed by atoms with Gasteiger partial charge in [-0.1, -0.05) is 6.42 Å². The molecule has 5 heteroatoms. The van der Waals surface area contributed by atoms with Gasteiger partial charge in [0.1, 0.15) is 0 Å². The van der Waals surface area contributed by atoms with Gasteiger partial charge < -0.3 is 5.11 Å². The van der Waals surface area contributed by atoms with E-state index in [0.29, 0.717) is 18.9 Å². The highest BCUT2D eigenvalue weighted by molar-refractivity contribution is 7.89. The lowest BCUT2D eigenvalue weighted by Gasteiger charge is -2.29. The van der Waals surface area contributed by atoms with Gasteiger partial charge in [-0.05, 0) is 25.2 Å². The summed E-state index contributed by atoms with van der Waals surface area (Å²) < 4.78 is 24.6. The van der Waals surface area contributed by atoms with E-state index in [2.05, 4.69) is 0 Å². The van der Waals surface area contributed by atoms with E-state index in [1.54, 1.807) is 7.05 Å². The zero-order chi connectivity index (χ0) is 10.6. The molecule has 0 spiro atoms. The first-order valence-corrected chi connectivity index (χ1v) is 6.72. The molecule has 0 aromatic carbocycles. The van der Waals surface area contributed by atoms with Gasteiger partial charge in [-0.3, -0.25) is 0 Å². The van der Waals surface area contributed by atoms with Crippen LogP contribution >= 0.6 is 0 Å². The van der Waals surface area contributed by atoms with Crippen LogP contribution in [0.3, 0.4) is 0 Å². The molecule has 14 heavy (non-hydrogen) atoms. The molecule has 0 aromatic rings. The minimum atomic E-state index is -3.12. The third kappa shape index (κ3) is 3.22. The topological polar surface area (TPSA) is 57.6 Å². The lowest BCUT2D eigenvalue weighted by Crippen LogP contribution is -2.35. The fourth-order valence-electron chi connectivity index (χ4n) is 1.56. The van der Waals surface area contributed by atoms with Gasteiger partial charge in [0, 0.05) is 20.2 Å². The Morgan fingerprint density at radius 2 is 2.07 bits per heavy atom. The molecule has 84 valence electrons. The number of rotatable bonds is 6. The van der Waals surface area contributed by atoms with Crippen molar-refractivity contribution in [3.05, 3.63) is 0 Å². The maximum atomic E-state index is 11.6. The predicted octanol–water partition coefficient (Wildman–Crippen LogP) is 0.431. The Kier molecular flexibility index (Phi) is 4.34. The summed E-state index contributed by atoms with van der Waals surface area (Å²) in [5.74, 6) is 0.621. The molecule has 1 rings (SSSR count). The van der Waals surface area contributed by atoms with Crippen LogP contribution in [0.4, 0.5) is 0 Å². The monoisotopic (exact) mass is 221 g/mol. The van der Waals surface area contributed by atoms with Crippen molar-refractivity contribution in [2.24, 2.45) is 5.92 Å². The Hall–Kier alpha value is -0.130. The summed E-state index contributed by atoms with van der Waals surface area (Å²) in [6, 6.07) is 0. The lowest BCUT2D eigenvalue weighted by molar-refractivity contribution is 0.261. The van der Waals surface area contributed by atoms with Crippen LogP contribution in [0, 0.1) is 5.92 Å². The van der Waals surface area contributed by atoms with E-state index in [1.807, 2.05) is 0 Å². The summed E-state index contributed by atoms with van der Waals surface area (Å²) in [7, 11) is -1.49. The summed E-state index contributed by atoms with van der Waals surface area (Å²) >= 11 is 0. The van der Waals surface area contributed by atoms with Gasteiger partial charge in [0.15, 0.2) is 0 Å². The van der Waals surface area contributed by atoms with E-state index in [-0.39, 0.29) is 12.4 Å². The Morgan fingerprint density at radius 1 is 1.43 bits per heavy atom. The Morgan fingerprint density at radius 3 is 2.50 bits per heavy atom. The minimum Gasteiger partial charge on any atom is -0.396 e. The molecule has 1 aliphatic carbocycles. The average Bonchev–Trinajstić information content (AvgIpc) is 2.07. The quantitative estimate of drug-likeness (QED) is 0.707. The average molecular weight is 221 g/mol. The van der Waals surface area contributed by atoms with Crippen molar-refractivity contribution < 1.29 is 13.5 Å². The summed E-state index contributed by atoms with van der Waals surface area (Å²) in [5, 5.41) is 8.57. The molecule has 0 unspecified atom stereocenters. The van der Waals surface area contributed by atoms with Crippen molar-refractivity contribution in [3.63, 3.8) is 0 Å². The van der Waals surface area contributed by atoms with Gasteiger partial charge in [0.05, 0.1) is 5.75 Å². The molecular weight excluding hydrogens is 202 g/mol. The lowest BCUT2D eigenvalue weighted by atomic mass is 9.86. The maximum absolute atomic E-state index is 11.6. The van der Waals surface area contributed by atoms with Crippen LogP contribution in [0.2, 0.25) is 0 Å². The predicted molar refractivity (Wildman–Crippen MR) is 55.5 cm³/mol. The van der Waals surface area contributed by atoms with E-state index in [9.17, 15) is 8.42 Å². The van der Waals surface area contributed by atoms with Crippen molar-refractivity contribution in [1.29, 1.82) is 0 Å². The second-order valence-electron chi connectivity index (χ2n) is 3.97. The van der Waals surface area contributed by atoms with E-state index in [4.69, 9.17) is 5.11 Å². The molecule has 1 aliphatic rings. The molecule has 1 saturated carbocycles. The number of sulfonamides is 1. The number of hydrogen-bond acceptors (Lipinski definition) is 3. The second-order valence-corrected chi connectivity index (χ2v) is 6.17. The zero-order valence-electron chi connectivity index (χ0n) is 8.65. The van der Waals surface area contributed by atoms with E-state index >= 15 is 0 Å². The van der Waals surface area contributed by atoms with Crippen molar-refractivity contribution in [2.45, 2.75) is 25.7 Å². The van der Waals surface area contributed by atoms with Crippen LogP contribution in [0.1, 0.15) is 25.7 Å². The largest absolute Gasteiger partial charge is 0.396 e. The van der Waals surface area contributed by atoms with Crippen LogP contribution in [0.5, 0.6) is 0 Å². The number of hydrogen-bond donors (Lipinski definition) is 1. The molecule has 0 atom stereocenters. The summed E-state index contributed by atoms with van der Waals surface area (Å²) in [5.41, 5.74) is 0. The number of aliphatic hydroxyl groups is 1. The van der Waals surface area contributed by atoms with E-state index < -0.39 is 10.0 Å². The first kappa shape index (κ1) is 11.9. The van der Waals surface area contributed by atoms with Crippen LogP contribution in [0.15, 0.2) is 0 Å². The van der Waals surface area contributed by atoms with Gasteiger partial charge >= 0.3 is 0 Å². The molecule has 0 heterocycles. The van der Waals surface area contributed by atoms with Crippen LogP contribution in [0.25, 0.3) is 0 Å². The standard InChI is InChI=1S/C9H19NO3S/c1-10(8-9-4-2-5-9)14(12,13)7-3-6-11/h9,11H,2-8H2,1H3. The number of nitrogens with zero attached hydrogens (tertiary/aromatic N) is 1. The molecule has 0 radical (unpaired) electrons. The van der Waals surface area contributed by atoms with Crippen LogP contribution in [-0.4, -0.2) is 43.8 Å². The highest BCUT2D eigenvalue weighted by Gasteiger charge is 2.24. The van der Waals surface area contributed by atoms with Crippen molar-refractivity contribution in [2.75, 3.05) is 26.0 Å². The third-order valence-corrected chi connectivity index (χ3v) is 4.68. The minimum absolute atomic E-state index is 0.0590. The number of aliphatic hydroxyl groups excluding tert-OH is 1. The van der Waals surface area contributed by atoms with E-state index in [1.165, 1.54) is 10.7 Å². The smallest absolute Gasteiger partial charge is 0.213 e. The van der Waals surface area contributed by atoms with Crippen LogP contribution < -0.4 is 0 Å². The van der Waals surface area contributed by atoms with Gasteiger partial charge in [-0.15, -0.1) is 0 Å². The molecule has 0 aliphatic heterocycles. The summed E-state index contributed by atoms with van der Waals surface area (Å²) in [6.45, 7) is 0.588. The zero-order valence-corrected chi connectivity index (χ0v) is 9.46. The van der Waals surface area contributed by atoms with Crippen molar-refractivity contribution >= 4 is 10.0 Å². The molecule has 0 bridgehead atoms. The molecule has 4 nitrogen and oxygen atoms in total. The third-order valence-electron chi connectivity index (χ3n) is 2.78.